The summed E-state index contributed by atoms with van der Waals surface area (Å²) in [5.74, 6) is 0.769. The van der Waals surface area contributed by atoms with Gasteiger partial charge >= 0.3 is 0 Å². The fourth-order valence-electron chi connectivity index (χ4n) is 0.682. The second kappa shape index (κ2) is 31.2. The third-order valence-electron chi connectivity index (χ3n) is 1.25. The number of carbonyl (C=O) groups excluding carboxylic acids is 1. The highest BCUT2D eigenvalue weighted by Gasteiger charge is 1.89. The summed E-state index contributed by atoms with van der Waals surface area (Å²) in [7, 11) is 1.59. The summed E-state index contributed by atoms with van der Waals surface area (Å²) in [6.45, 7) is 16.8. The highest BCUT2D eigenvalue weighted by molar-refractivity contribution is 5.74. The molecule has 1 aromatic carbocycles. The van der Waals surface area contributed by atoms with Gasteiger partial charge in [-0.25, -0.2) is 0 Å². The first kappa shape index (κ1) is 27.9. The molecular formula is C19H38O2. The van der Waals surface area contributed by atoms with Crippen LogP contribution in [0.2, 0.25) is 0 Å². The molecule has 0 aliphatic carbocycles. The lowest BCUT2D eigenvalue weighted by molar-refractivity contribution is 0.112. The smallest absolute Gasteiger partial charge is 0.150 e. The van der Waals surface area contributed by atoms with Gasteiger partial charge in [-0.1, -0.05) is 74.7 Å². The number of hydrogen-bond acceptors (Lipinski definition) is 2. The van der Waals surface area contributed by atoms with Crippen molar-refractivity contribution in [2.45, 2.75) is 74.7 Å². The molecular weight excluding hydrogens is 260 g/mol. The zero-order valence-corrected chi connectivity index (χ0v) is 15.8. The van der Waals surface area contributed by atoms with Gasteiger partial charge in [-0.05, 0) is 24.3 Å². The Balaban J connectivity index is -0.000000110. The van der Waals surface area contributed by atoms with Crippen LogP contribution in [0.5, 0.6) is 5.75 Å². The fourth-order valence-corrected chi connectivity index (χ4v) is 0.682. The van der Waals surface area contributed by atoms with Gasteiger partial charge in [0, 0.05) is 5.56 Å². The van der Waals surface area contributed by atoms with Crippen molar-refractivity contribution in [2.75, 3.05) is 7.11 Å². The molecule has 0 saturated carbocycles. The van der Waals surface area contributed by atoms with Crippen LogP contribution in [-0.2, 0) is 0 Å². The Bertz CT molecular complexity index is 248. The number of rotatable bonds is 2. The van der Waals surface area contributed by atoms with E-state index in [4.69, 9.17) is 4.74 Å². The van der Waals surface area contributed by atoms with Crippen molar-refractivity contribution >= 4 is 6.29 Å². The molecule has 0 atom stereocenters. The van der Waals surface area contributed by atoms with E-state index in [2.05, 4.69) is 41.5 Å². The molecule has 0 unspecified atom stereocenters. The molecule has 0 N–H and O–H groups in total. The van der Waals surface area contributed by atoms with Crippen molar-refractivity contribution in [1.82, 2.24) is 0 Å². The largest absolute Gasteiger partial charge is 0.497 e. The molecule has 1 rings (SSSR count). The van der Waals surface area contributed by atoms with Crippen LogP contribution in [0.4, 0.5) is 0 Å². The van der Waals surface area contributed by atoms with Gasteiger partial charge in [0.2, 0.25) is 0 Å². The molecule has 0 amide bonds. The first-order valence-electron chi connectivity index (χ1n) is 8.20. The van der Waals surface area contributed by atoms with Gasteiger partial charge in [-0.2, -0.15) is 0 Å². The van der Waals surface area contributed by atoms with Crippen LogP contribution >= 0.6 is 0 Å². The standard InChI is InChI=1S/C8H8O2.3C3H8.C2H6/c1-10-8-4-2-7(6-9)3-5-8;3*1-3-2;1-2/h2-6H,1H3;3*3H2,1-2H3;1-2H3. The van der Waals surface area contributed by atoms with Crippen LogP contribution in [0.1, 0.15) is 85.0 Å². The lowest BCUT2D eigenvalue weighted by Crippen LogP contribution is -1.82. The van der Waals surface area contributed by atoms with E-state index < -0.39 is 0 Å². The number of aldehydes is 1. The van der Waals surface area contributed by atoms with Gasteiger partial charge in [0.15, 0.2) is 0 Å². The maximum Gasteiger partial charge on any atom is 0.150 e. The van der Waals surface area contributed by atoms with Crippen LogP contribution in [0.3, 0.4) is 0 Å². The normalized spacial score (nSPS) is 7.10. The average molecular weight is 299 g/mol. The van der Waals surface area contributed by atoms with Gasteiger partial charge in [0.25, 0.3) is 0 Å². The van der Waals surface area contributed by atoms with Crippen LogP contribution in [0, 0.1) is 0 Å². The Morgan fingerprint density at radius 2 is 1.10 bits per heavy atom. The maximum absolute atomic E-state index is 10.2. The highest BCUT2D eigenvalue weighted by atomic mass is 16.5. The van der Waals surface area contributed by atoms with E-state index in [1.165, 1.54) is 19.3 Å². The summed E-state index contributed by atoms with van der Waals surface area (Å²) in [5, 5.41) is 0. The Labute approximate surface area is 133 Å². The number of methoxy groups -OCH3 is 1. The average Bonchev–Trinajstić information content (AvgIpc) is 2.52. The van der Waals surface area contributed by atoms with E-state index in [1.807, 2.05) is 13.8 Å². The number of hydrogen-bond donors (Lipinski definition) is 0. The first-order chi connectivity index (χ1) is 10.1. The zero-order chi connectivity index (χ0) is 17.5. The molecule has 0 heterocycles. The molecule has 0 spiro atoms. The van der Waals surface area contributed by atoms with Crippen LogP contribution in [-0.4, -0.2) is 13.4 Å². The molecule has 2 nitrogen and oxygen atoms in total. The second-order valence-electron chi connectivity index (χ2n) is 4.01. The van der Waals surface area contributed by atoms with E-state index in [-0.39, 0.29) is 0 Å². The van der Waals surface area contributed by atoms with Crippen molar-refractivity contribution in [3.8, 4) is 5.75 Å². The van der Waals surface area contributed by atoms with E-state index in [0.29, 0.717) is 5.56 Å². The van der Waals surface area contributed by atoms with Crippen LogP contribution in [0.15, 0.2) is 24.3 Å². The maximum atomic E-state index is 10.2. The van der Waals surface area contributed by atoms with E-state index in [0.717, 1.165) is 12.0 Å². The molecule has 0 aliphatic heterocycles. The van der Waals surface area contributed by atoms with Crippen LogP contribution < -0.4 is 4.74 Å². The van der Waals surface area contributed by atoms with Crippen molar-refractivity contribution < 1.29 is 9.53 Å². The molecule has 0 aliphatic rings. The molecule has 2 heteroatoms. The zero-order valence-electron chi connectivity index (χ0n) is 15.8. The minimum Gasteiger partial charge on any atom is -0.497 e. The first-order valence-corrected chi connectivity index (χ1v) is 8.20. The Hall–Kier alpha value is -1.31. The quantitative estimate of drug-likeness (QED) is 0.562. The summed E-state index contributed by atoms with van der Waals surface area (Å²) < 4.78 is 4.90. The Kier molecular flexibility index (Phi) is 41.5. The second-order valence-corrected chi connectivity index (χ2v) is 4.01. The molecule has 0 saturated heterocycles. The van der Waals surface area contributed by atoms with E-state index in [1.54, 1.807) is 31.4 Å². The number of carbonyl (C=O) groups is 1. The van der Waals surface area contributed by atoms with Gasteiger partial charge < -0.3 is 4.74 Å². The SMILES string of the molecule is CC.CCC.CCC.CCC.COc1ccc(C=O)cc1. The fraction of sp³-hybridized carbons (Fsp3) is 0.632. The van der Waals surface area contributed by atoms with Gasteiger partial charge in [0.1, 0.15) is 12.0 Å². The minimum atomic E-state index is 0.667. The minimum absolute atomic E-state index is 0.667. The monoisotopic (exact) mass is 298 g/mol. The molecule has 0 radical (unpaired) electrons. The van der Waals surface area contributed by atoms with Crippen molar-refractivity contribution in [1.29, 1.82) is 0 Å². The number of ether oxygens (including phenoxy) is 1. The van der Waals surface area contributed by atoms with Crippen molar-refractivity contribution in [2.24, 2.45) is 0 Å². The van der Waals surface area contributed by atoms with Crippen molar-refractivity contribution in [3.63, 3.8) is 0 Å². The summed E-state index contributed by atoms with van der Waals surface area (Å²) >= 11 is 0. The molecule has 21 heavy (non-hydrogen) atoms. The lowest BCUT2D eigenvalue weighted by Gasteiger charge is -1.96. The summed E-state index contributed by atoms with van der Waals surface area (Å²) in [4.78, 5) is 10.2. The predicted molar refractivity (Wildman–Crippen MR) is 97.6 cm³/mol. The van der Waals surface area contributed by atoms with Crippen LogP contribution in [0.25, 0.3) is 0 Å². The molecule has 1 aromatic rings. The Morgan fingerprint density at radius 3 is 1.29 bits per heavy atom. The topological polar surface area (TPSA) is 26.3 Å². The lowest BCUT2D eigenvalue weighted by atomic mass is 10.2. The molecule has 0 aromatic heterocycles. The predicted octanol–water partition coefficient (Wildman–Crippen LogP) is 6.78. The van der Waals surface area contributed by atoms with E-state index in [9.17, 15) is 4.79 Å². The number of benzene rings is 1. The molecule has 0 fully saturated rings. The van der Waals surface area contributed by atoms with Crippen molar-refractivity contribution in [3.05, 3.63) is 29.8 Å². The third kappa shape index (κ3) is 32.3. The third-order valence-corrected chi connectivity index (χ3v) is 1.25. The summed E-state index contributed by atoms with van der Waals surface area (Å²) in [6, 6.07) is 6.94. The van der Waals surface area contributed by atoms with Gasteiger partial charge in [-0.3, -0.25) is 4.79 Å². The molecule has 0 bridgehead atoms. The van der Waals surface area contributed by atoms with Gasteiger partial charge in [0.05, 0.1) is 7.11 Å². The summed E-state index contributed by atoms with van der Waals surface area (Å²) in [5.41, 5.74) is 0.667. The summed E-state index contributed by atoms with van der Waals surface area (Å²) in [6.07, 6.45) is 4.56. The Morgan fingerprint density at radius 1 is 0.810 bits per heavy atom. The van der Waals surface area contributed by atoms with E-state index >= 15 is 0 Å². The highest BCUT2D eigenvalue weighted by Crippen LogP contribution is 2.09. The molecule has 126 valence electrons. The van der Waals surface area contributed by atoms with Gasteiger partial charge in [-0.15, -0.1) is 0 Å².